The Morgan fingerprint density at radius 2 is 1.83 bits per heavy atom. The third-order valence-electron chi connectivity index (χ3n) is 5.01. The summed E-state index contributed by atoms with van der Waals surface area (Å²) < 4.78 is 19.7. The van der Waals surface area contributed by atoms with Crippen LogP contribution in [-0.2, 0) is 9.53 Å². The number of H-pyrrole nitrogens is 1. The van der Waals surface area contributed by atoms with Crippen LogP contribution in [0.2, 0.25) is 0 Å². The summed E-state index contributed by atoms with van der Waals surface area (Å²) in [4.78, 5) is 43.1. The van der Waals surface area contributed by atoms with Gasteiger partial charge in [0.05, 0.1) is 12.2 Å². The van der Waals surface area contributed by atoms with E-state index in [1.54, 1.807) is 24.9 Å². The molecule has 2 N–H and O–H groups in total. The van der Waals surface area contributed by atoms with Gasteiger partial charge in [-0.2, -0.15) is 0 Å². The van der Waals surface area contributed by atoms with Gasteiger partial charge >= 0.3 is 11.9 Å². The Balaban J connectivity index is 1.98. The van der Waals surface area contributed by atoms with Crippen molar-refractivity contribution in [2.24, 2.45) is 0 Å². The lowest BCUT2D eigenvalue weighted by Gasteiger charge is -2.32. The van der Waals surface area contributed by atoms with E-state index < -0.39 is 23.5 Å². The number of aryl methyl sites for hydroxylation is 1. The molecule has 2 aromatic rings. The summed E-state index contributed by atoms with van der Waals surface area (Å²) in [6.45, 7) is 6.01. The van der Waals surface area contributed by atoms with Crippen molar-refractivity contribution in [3.63, 3.8) is 0 Å². The summed E-state index contributed by atoms with van der Waals surface area (Å²) in [5.74, 6) is -3.04. The van der Waals surface area contributed by atoms with E-state index in [1.165, 1.54) is 18.2 Å². The number of aromatic amines is 1. The Kier molecular flexibility index (Phi) is 6.63. The number of piperazine rings is 1. The SMILES string of the molecule is CCOC(=O)c1c(C)[nH]c(C(=O)C(=O)NN2CCN(C)CC2)c1-c1ccccc1F. The van der Waals surface area contributed by atoms with E-state index in [-0.39, 0.29) is 29.0 Å². The standard InChI is InChI=1S/C21H25FN4O4/c1-4-30-21(29)16-13(2)23-18(17(16)14-7-5-6-8-15(14)22)19(27)20(28)24-26-11-9-25(3)10-12-26/h5-8,23H,4,9-12H2,1-3H3,(H,24,28). The molecule has 0 unspecified atom stereocenters. The number of rotatable bonds is 6. The number of halogens is 1. The highest BCUT2D eigenvalue weighted by Crippen LogP contribution is 2.33. The molecule has 0 bridgehead atoms. The van der Waals surface area contributed by atoms with Crippen molar-refractivity contribution in [2.45, 2.75) is 13.8 Å². The molecule has 0 spiro atoms. The molecular formula is C21H25FN4O4. The van der Waals surface area contributed by atoms with Crippen LogP contribution in [0.25, 0.3) is 11.1 Å². The fourth-order valence-electron chi connectivity index (χ4n) is 3.41. The lowest BCUT2D eigenvalue weighted by atomic mass is 9.98. The van der Waals surface area contributed by atoms with E-state index in [0.717, 1.165) is 13.1 Å². The first kappa shape index (κ1) is 21.7. The van der Waals surface area contributed by atoms with Crippen LogP contribution in [-0.4, -0.2) is 72.4 Å². The maximum atomic E-state index is 14.6. The number of ether oxygens (including phenoxy) is 1. The van der Waals surface area contributed by atoms with Crippen molar-refractivity contribution in [1.82, 2.24) is 20.3 Å². The Morgan fingerprint density at radius 3 is 2.47 bits per heavy atom. The first-order valence-electron chi connectivity index (χ1n) is 9.76. The van der Waals surface area contributed by atoms with Crippen LogP contribution < -0.4 is 5.43 Å². The molecule has 1 fully saturated rings. The number of hydrogen-bond acceptors (Lipinski definition) is 6. The molecule has 2 heterocycles. The van der Waals surface area contributed by atoms with Crippen LogP contribution >= 0.6 is 0 Å². The first-order chi connectivity index (χ1) is 14.3. The topological polar surface area (TPSA) is 94.7 Å². The summed E-state index contributed by atoms with van der Waals surface area (Å²) in [5, 5.41) is 1.67. The Labute approximate surface area is 174 Å². The molecule has 1 aliphatic heterocycles. The van der Waals surface area contributed by atoms with Gasteiger partial charge < -0.3 is 14.6 Å². The van der Waals surface area contributed by atoms with Crippen LogP contribution in [0.15, 0.2) is 24.3 Å². The van der Waals surface area contributed by atoms with E-state index >= 15 is 0 Å². The fraction of sp³-hybridized carbons (Fsp3) is 0.381. The third kappa shape index (κ3) is 4.42. The molecule has 0 atom stereocenters. The predicted molar refractivity (Wildman–Crippen MR) is 108 cm³/mol. The van der Waals surface area contributed by atoms with Crippen LogP contribution in [0.5, 0.6) is 0 Å². The zero-order valence-corrected chi connectivity index (χ0v) is 17.3. The Bertz CT molecular complexity index is 964. The number of hydrogen-bond donors (Lipinski definition) is 2. The van der Waals surface area contributed by atoms with E-state index in [2.05, 4.69) is 15.3 Å². The number of carbonyl (C=O) groups excluding carboxylic acids is 3. The van der Waals surface area contributed by atoms with Gasteiger partial charge in [0, 0.05) is 43.0 Å². The van der Waals surface area contributed by atoms with Crippen LogP contribution in [0.1, 0.15) is 33.5 Å². The van der Waals surface area contributed by atoms with Crippen molar-refractivity contribution in [3.8, 4) is 11.1 Å². The van der Waals surface area contributed by atoms with Crippen molar-refractivity contribution >= 4 is 17.7 Å². The van der Waals surface area contributed by atoms with Crippen molar-refractivity contribution < 1.29 is 23.5 Å². The largest absolute Gasteiger partial charge is 0.462 e. The number of esters is 1. The van der Waals surface area contributed by atoms with E-state index in [0.29, 0.717) is 18.8 Å². The van der Waals surface area contributed by atoms with Crippen molar-refractivity contribution in [1.29, 1.82) is 0 Å². The second kappa shape index (κ2) is 9.19. The molecule has 3 rings (SSSR count). The molecule has 9 heteroatoms. The smallest absolute Gasteiger partial charge is 0.340 e. The van der Waals surface area contributed by atoms with Crippen LogP contribution in [0.3, 0.4) is 0 Å². The minimum absolute atomic E-state index is 0.0302. The molecule has 0 radical (unpaired) electrons. The normalized spacial score (nSPS) is 15.1. The third-order valence-corrected chi connectivity index (χ3v) is 5.01. The maximum Gasteiger partial charge on any atom is 0.340 e. The molecule has 8 nitrogen and oxygen atoms in total. The maximum absolute atomic E-state index is 14.6. The number of nitrogens with one attached hydrogen (secondary N) is 2. The first-order valence-corrected chi connectivity index (χ1v) is 9.76. The summed E-state index contributed by atoms with van der Waals surface area (Å²) in [6.07, 6.45) is 0. The number of benzene rings is 1. The molecule has 0 saturated carbocycles. The summed E-state index contributed by atoms with van der Waals surface area (Å²) in [7, 11) is 1.98. The number of aromatic nitrogens is 1. The van der Waals surface area contributed by atoms with Gasteiger partial charge in [-0.25, -0.2) is 14.2 Å². The molecule has 1 aliphatic rings. The highest BCUT2D eigenvalue weighted by Gasteiger charge is 2.31. The average Bonchev–Trinajstić information content (AvgIpc) is 3.06. The second-order valence-corrected chi connectivity index (χ2v) is 7.14. The van der Waals surface area contributed by atoms with Crippen molar-refractivity contribution in [3.05, 3.63) is 47.0 Å². The summed E-state index contributed by atoms with van der Waals surface area (Å²) in [6, 6.07) is 5.78. The van der Waals surface area contributed by atoms with Gasteiger partial charge in [0.25, 0.3) is 5.78 Å². The molecule has 30 heavy (non-hydrogen) atoms. The number of carbonyl (C=O) groups is 3. The zero-order chi connectivity index (χ0) is 21.8. The zero-order valence-electron chi connectivity index (χ0n) is 17.3. The number of amides is 1. The molecule has 1 aromatic heterocycles. The van der Waals surface area contributed by atoms with Crippen LogP contribution in [0.4, 0.5) is 4.39 Å². The molecule has 1 amide bonds. The molecule has 1 saturated heterocycles. The number of ketones is 1. The van der Waals surface area contributed by atoms with Gasteiger partial charge in [0.2, 0.25) is 0 Å². The number of likely N-dealkylation sites (N-methyl/N-ethyl adjacent to an activating group) is 1. The monoisotopic (exact) mass is 416 g/mol. The molecular weight excluding hydrogens is 391 g/mol. The summed E-state index contributed by atoms with van der Waals surface area (Å²) in [5.41, 5.74) is 2.89. The van der Waals surface area contributed by atoms with E-state index in [9.17, 15) is 18.8 Å². The average molecular weight is 416 g/mol. The quantitative estimate of drug-likeness (QED) is 0.423. The second-order valence-electron chi connectivity index (χ2n) is 7.14. The fourth-order valence-corrected chi connectivity index (χ4v) is 3.41. The lowest BCUT2D eigenvalue weighted by Crippen LogP contribution is -2.54. The van der Waals surface area contributed by atoms with Gasteiger partial charge in [-0.1, -0.05) is 18.2 Å². The Hall–Kier alpha value is -3.04. The summed E-state index contributed by atoms with van der Waals surface area (Å²) >= 11 is 0. The van der Waals surface area contributed by atoms with Gasteiger partial charge in [-0.3, -0.25) is 15.0 Å². The molecule has 0 aliphatic carbocycles. The lowest BCUT2D eigenvalue weighted by molar-refractivity contribution is -0.122. The van der Waals surface area contributed by atoms with Gasteiger partial charge in [0.1, 0.15) is 11.5 Å². The van der Waals surface area contributed by atoms with Gasteiger partial charge in [-0.05, 0) is 27.0 Å². The van der Waals surface area contributed by atoms with E-state index in [4.69, 9.17) is 4.74 Å². The highest BCUT2D eigenvalue weighted by atomic mass is 19.1. The minimum atomic E-state index is -0.883. The molecule has 160 valence electrons. The van der Waals surface area contributed by atoms with Gasteiger partial charge in [0.15, 0.2) is 0 Å². The number of Topliss-reactive ketones (excluding diaryl/α,β-unsaturated/α-hetero) is 1. The number of hydrazine groups is 1. The van der Waals surface area contributed by atoms with Crippen molar-refractivity contribution in [2.75, 3.05) is 39.8 Å². The molecule has 1 aromatic carbocycles. The Morgan fingerprint density at radius 1 is 1.17 bits per heavy atom. The minimum Gasteiger partial charge on any atom is -0.462 e. The highest BCUT2D eigenvalue weighted by molar-refractivity contribution is 6.43. The van der Waals surface area contributed by atoms with E-state index in [1.807, 2.05) is 7.05 Å². The predicted octanol–water partition coefficient (Wildman–Crippen LogP) is 1.77. The number of nitrogens with zero attached hydrogens (tertiary/aromatic N) is 2. The van der Waals surface area contributed by atoms with Gasteiger partial charge in [-0.15, -0.1) is 0 Å². The van der Waals surface area contributed by atoms with Crippen LogP contribution in [0, 0.1) is 12.7 Å².